The van der Waals surface area contributed by atoms with E-state index in [4.69, 9.17) is 14.0 Å². The van der Waals surface area contributed by atoms with Gasteiger partial charge in [0.25, 0.3) is 0 Å². The molecule has 1 fully saturated rings. The van der Waals surface area contributed by atoms with Gasteiger partial charge in [0.2, 0.25) is 5.91 Å². The molecule has 142 valence electrons. The quantitative estimate of drug-likeness (QED) is 0.633. The molecular weight excluding hydrogens is 344 g/mol. The van der Waals surface area contributed by atoms with Crippen LogP contribution in [0, 0.1) is 0 Å². The molecule has 1 amide bonds. The molecule has 1 aromatic heterocycles. The van der Waals surface area contributed by atoms with Crippen molar-refractivity contribution in [2.45, 2.75) is 18.3 Å². The Labute approximate surface area is 159 Å². The van der Waals surface area contributed by atoms with Gasteiger partial charge in [-0.25, -0.2) is 0 Å². The van der Waals surface area contributed by atoms with E-state index >= 15 is 0 Å². The zero-order valence-electron chi connectivity index (χ0n) is 15.7. The Morgan fingerprint density at radius 1 is 1.19 bits per heavy atom. The summed E-state index contributed by atoms with van der Waals surface area (Å²) in [5, 5.41) is 4.20. The Balaban J connectivity index is 1.88. The highest BCUT2D eigenvalue weighted by Crippen LogP contribution is 2.50. The molecule has 0 bridgehead atoms. The summed E-state index contributed by atoms with van der Waals surface area (Å²) in [5.74, 6) is 1.87. The molecule has 1 aliphatic rings. The van der Waals surface area contributed by atoms with Gasteiger partial charge in [0, 0.05) is 24.7 Å². The maximum absolute atomic E-state index is 13.0. The minimum absolute atomic E-state index is 0.0365. The molecule has 6 nitrogen and oxygen atoms in total. The minimum Gasteiger partial charge on any atom is -0.493 e. The molecule has 3 rings (SSSR count). The highest BCUT2D eigenvalue weighted by atomic mass is 16.5. The second-order valence-electron chi connectivity index (χ2n) is 6.52. The summed E-state index contributed by atoms with van der Waals surface area (Å²) >= 11 is 0. The molecule has 6 heteroatoms. The molecule has 0 unspecified atom stereocenters. The van der Waals surface area contributed by atoms with Gasteiger partial charge in [-0.15, -0.1) is 13.2 Å². The van der Waals surface area contributed by atoms with Crippen molar-refractivity contribution in [2.75, 3.05) is 27.3 Å². The summed E-state index contributed by atoms with van der Waals surface area (Å²) in [6, 6.07) is 7.34. The zero-order chi connectivity index (χ0) is 19.4. The first-order valence-electron chi connectivity index (χ1n) is 8.80. The van der Waals surface area contributed by atoms with Crippen LogP contribution in [0.25, 0.3) is 11.3 Å². The third-order valence-corrected chi connectivity index (χ3v) is 4.81. The fourth-order valence-electron chi connectivity index (χ4n) is 3.19. The van der Waals surface area contributed by atoms with Gasteiger partial charge < -0.3 is 18.9 Å². The maximum Gasteiger partial charge on any atom is 0.235 e. The summed E-state index contributed by atoms with van der Waals surface area (Å²) in [6.07, 6.45) is 4.95. The van der Waals surface area contributed by atoms with Gasteiger partial charge in [-0.3, -0.25) is 4.79 Å². The number of amides is 1. The number of nitrogens with zero attached hydrogens (tertiary/aromatic N) is 2. The van der Waals surface area contributed by atoms with E-state index in [0.29, 0.717) is 36.0 Å². The van der Waals surface area contributed by atoms with Crippen LogP contribution < -0.4 is 9.47 Å². The molecule has 0 spiro atoms. The van der Waals surface area contributed by atoms with E-state index in [1.54, 1.807) is 31.3 Å². The molecule has 1 aliphatic carbocycles. The van der Waals surface area contributed by atoms with Crippen LogP contribution in [-0.2, 0) is 10.2 Å². The summed E-state index contributed by atoms with van der Waals surface area (Å²) in [6.45, 7) is 8.42. The summed E-state index contributed by atoms with van der Waals surface area (Å²) in [5.41, 5.74) is 0.865. The van der Waals surface area contributed by atoms with Gasteiger partial charge in [-0.1, -0.05) is 17.3 Å². The summed E-state index contributed by atoms with van der Waals surface area (Å²) < 4.78 is 16.1. The first-order chi connectivity index (χ1) is 13.1. The third-order valence-electron chi connectivity index (χ3n) is 4.81. The van der Waals surface area contributed by atoms with Crippen molar-refractivity contribution >= 4 is 5.91 Å². The van der Waals surface area contributed by atoms with Crippen LogP contribution >= 0.6 is 0 Å². The number of benzene rings is 1. The molecule has 0 atom stereocenters. The van der Waals surface area contributed by atoms with E-state index in [1.165, 1.54) is 0 Å². The van der Waals surface area contributed by atoms with Crippen molar-refractivity contribution in [3.05, 3.63) is 55.3 Å². The summed E-state index contributed by atoms with van der Waals surface area (Å²) in [4.78, 5) is 14.8. The first-order valence-corrected chi connectivity index (χ1v) is 8.80. The highest BCUT2D eigenvalue weighted by Gasteiger charge is 2.55. The van der Waals surface area contributed by atoms with Gasteiger partial charge in [0.1, 0.15) is 0 Å². The third kappa shape index (κ3) is 3.47. The number of carbonyl (C=O) groups excluding carboxylic acids is 1. The lowest BCUT2D eigenvalue weighted by molar-refractivity contribution is -0.133. The average Bonchev–Trinajstić information content (AvgIpc) is 3.36. The standard InChI is InChI=1S/C21H24N2O4/c1-5-11-23(12-6-2)20(24)21(9-10-21)19-14-17(27-22-19)15-7-8-16(25-3)18(13-15)26-4/h5-8,13-14H,1-2,9-12H2,3-4H3. The van der Waals surface area contributed by atoms with E-state index in [9.17, 15) is 4.79 Å². The fraction of sp³-hybridized carbons (Fsp3) is 0.333. The minimum atomic E-state index is -0.607. The molecule has 0 saturated heterocycles. The van der Waals surface area contributed by atoms with Crippen molar-refractivity contribution in [3.63, 3.8) is 0 Å². The maximum atomic E-state index is 13.0. The fourth-order valence-corrected chi connectivity index (χ4v) is 3.19. The molecular formula is C21H24N2O4. The van der Waals surface area contributed by atoms with Crippen molar-refractivity contribution in [1.82, 2.24) is 10.1 Å². The van der Waals surface area contributed by atoms with Crippen LogP contribution in [0.4, 0.5) is 0 Å². The molecule has 0 radical (unpaired) electrons. The Hall–Kier alpha value is -3.02. The van der Waals surface area contributed by atoms with Crippen LogP contribution in [0.3, 0.4) is 0 Å². The Bertz CT molecular complexity index is 842. The van der Waals surface area contributed by atoms with Gasteiger partial charge in [0.15, 0.2) is 17.3 Å². The van der Waals surface area contributed by atoms with Gasteiger partial charge in [-0.05, 0) is 31.0 Å². The largest absolute Gasteiger partial charge is 0.493 e. The van der Waals surface area contributed by atoms with E-state index in [-0.39, 0.29) is 5.91 Å². The van der Waals surface area contributed by atoms with Crippen molar-refractivity contribution in [2.24, 2.45) is 0 Å². The van der Waals surface area contributed by atoms with Crippen LogP contribution in [0.1, 0.15) is 18.5 Å². The van der Waals surface area contributed by atoms with Crippen LogP contribution in [-0.4, -0.2) is 43.3 Å². The predicted molar refractivity (Wildman–Crippen MR) is 103 cm³/mol. The van der Waals surface area contributed by atoms with E-state index in [2.05, 4.69) is 18.3 Å². The molecule has 1 heterocycles. The topological polar surface area (TPSA) is 64.8 Å². The van der Waals surface area contributed by atoms with Crippen molar-refractivity contribution < 1.29 is 18.8 Å². The number of ether oxygens (including phenoxy) is 2. The van der Waals surface area contributed by atoms with E-state index in [0.717, 1.165) is 18.4 Å². The van der Waals surface area contributed by atoms with E-state index in [1.807, 2.05) is 24.3 Å². The Morgan fingerprint density at radius 2 is 1.85 bits per heavy atom. The number of hydrogen-bond donors (Lipinski definition) is 0. The van der Waals surface area contributed by atoms with Crippen molar-refractivity contribution in [1.29, 1.82) is 0 Å². The monoisotopic (exact) mass is 368 g/mol. The summed E-state index contributed by atoms with van der Waals surface area (Å²) in [7, 11) is 3.17. The number of aromatic nitrogens is 1. The van der Waals surface area contributed by atoms with Gasteiger partial charge in [0.05, 0.1) is 25.3 Å². The number of methoxy groups -OCH3 is 2. The lowest BCUT2D eigenvalue weighted by Gasteiger charge is -2.24. The Kier molecular flexibility index (Phi) is 5.35. The normalized spacial score (nSPS) is 14.3. The predicted octanol–water partition coefficient (Wildman–Crippen LogP) is 3.59. The molecule has 1 saturated carbocycles. The number of rotatable bonds is 9. The zero-order valence-corrected chi connectivity index (χ0v) is 15.7. The second-order valence-corrected chi connectivity index (χ2v) is 6.52. The van der Waals surface area contributed by atoms with Crippen molar-refractivity contribution in [3.8, 4) is 22.8 Å². The molecule has 0 N–H and O–H groups in total. The van der Waals surface area contributed by atoms with Crippen LogP contribution in [0.5, 0.6) is 11.5 Å². The first kappa shape index (κ1) is 18.8. The average molecular weight is 368 g/mol. The SMILES string of the molecule is C=CCN(CC=C)C(=O)C1(c2cc(-c3ccc(OC)c(OC)c3)on2)CC1. The highest BCUT2D eigenvalue weighted by molar-refractivity contribution is 5.91. The van der Waals surface area contributed by atoms with Crippen LogP contribution in [0.15, 0.2) is 54.1 Å². The van der Waals surface area contributed by atoms with Gasteiger partial charge >= 0.3 is 0 Å². The number of hydrogen-bond acceptors (Lipinski definition) is 5. The lowest BCUT2D eigenvalue weighted by Crippen LogP contribution is -2.39. The number of carbonyl (C=O) groups is 1. The molecule has 2 aromatic rings. The molecule has 1 aromatic carbocycles. The van der Waals surface area contributed by atoms with E-state index < -0.39 is 5.41 Å². The molecule has 0 aliphatic heterocycles. The second kappa shape index (κ2) is 7.70. The van der Waals surface area contributed by atoms with Crippen LogP contribution in [0.2, 0.25) is 0 Å². The smallest absolute Gasteiger partial charge is 0.235 e. The lowest BCUT2D eigenvalue weighted by atomic mass is 9.99. The molecule has 27 heavy (non-hydrogen) atoms. The Morgan fingerprint density at radius 3 is 2.41 bits per heavy atom. The van der Waals surface area contributed by atoms with Gasteiger partial charge in [-0.2, -0.15) is 0 Å².